The van der Waals surface area contributed by atoms with Crippen LogP contribution in [0.4, 0.5) is 4.79 Å². The summed E-state index contributed by atoms with van der Waals surface area (Å²) in [5.74, 6) is -1.05. The van der Waals surface area contributed by atoms with Crippen LogP contribution in [0.2, 0.25) is 0 Å². The summed E-state index contributed by atoms with van der Waals surface area (Å²) in [4.78, 5) is 26.7. The number of nitrogens with zero attached hydrogens (tertiary/aromatic N) is 1. The first-order valence-corrected chi connectivity index (χ1v) is 5.97. The highest BCUT2D eigenvalue weighted by Gasteiger charge is 2.32. The first kappa shape index (κ1) is 14.9. The van der Waals surface area contributed by atoms with Crippen LogP contribution in [0.1, 0.15) is 26.3 Å². The summed E-state index contributed by atoms with van der Waals surface area (Å²) in [6.45, 7) is 5.57. The molecule has 0 saturated heterocycles. The Morgan fingerprint density at radius 3 is 2.58 bits per heavy atom. The minimum atomic E-state index is -1.05. The number of amides is 2. The molecule has 3 N–H and O–H groups in total. The first-order chi connectivity index (χ1) is 8.80. The van der Waals surface area contributed by atoms with Gasteiger partial charge in [-0.1, -0.05) is 26.8 Å². The van der Waals surface area contributed by atoms with E-state index in [0.717, 1.165) is 5.56 Å². The number of hydrogen-bond donors (Lipinski definition) is 3. The molecule has 0 aromatic carbocycles. The maximum absolute atomic E-state index is 11.7. The Balaban J connectivity index is 2.52. The third kappa shape index (κ3) is 4.95. The van der Waals surface area contributed by atoms with Gasteiger partial charge in [-0.3, -0.25) is 4.98 Å². The normalized spacial score (nSPS) is 12.6. The molecule has 1 heterocycles. The molecule has 0 radical (unpaired) electrons. The van der Waals surface area contributed by atoms with E-state index in [0.29, 0.717) is 6.54 Å². The number of carboxylic acid groups (broad SMARTS) is 1. The van der Waals surface area contributed by atoms with Crippen molar-refractivity contribution < 1.29 is 14.7 Å². The number of urea groups is 1. The van der Waals surface area contributed by atoms with E-state index in [1.54, 1.807) is 39.2 Å². The third-order valence-corrected chi connectivity index (χ3v) is 2.56. The number of pyridine rings is 1. The maximum atomic E-state index is 11.7. The van der Waals surface area contributed by atoms with E-state index >= 15 is 0 Å². The minimum Gasteiger partial charge on any atom is -0.480 e. The smallest absolute Gasteiger partial charge is 0.326 e. The molecule has 1 rings (SSSR count). The van der Waals surface area contributed by atoms with E-state index in [4.69, 9.17) is 5.11 Å². The fourth-order valence-corrected chi connectivity index (χ4v) is 1.52. The molecule has 0 aliphatic rings. The molecule has 0 saturated carbocycles. The Hall–Kier alpha value is -2.11. The molecule has 2 amide bonds. The van der Waals surface area contributed by atoms with Gasteiger partial charge >= 0.3 is 12.0 Å². The van der Waals surface area contributed by atoms with Crippen LogP contribution in [0, 0.1) is 5.41 Å². The van der Waals surface area contributed by atoms with Crippen molar-refractivity contribution in [1.82, 2.24) is 15.6 Å². The van der Waals surface area contributed by atoms with Crippen LogP contribution >= 0.6 is 0 Å². The number of aromatic nitrogens is 1. The molecule has 6 nitrogen and oxygen atoms in total. The largest absolute Gasteiger partial charge is 0.480 e. The number of rotatable bonds is 4. The fourth-order valence-electron chi connectivity index (χ4n) is 1.52. The summed E-state index contributed by atoms with van der Waals surface area (Å²) in [5.41, 5.74) is 0.289. The molecule has 0 spiro atoms. The second-order valence-corrected chi connectivity index (χ2v) is 5.33. The molecule has 0 bridgehead atoms. The van der Waals surface area contributed by atoms with Gasteiger partial charge in [-0.15, -0.1) is 0 Å². The predicted molar refractivity (Wildman–Crippen MR) is 70.5 cm³/mol. The molecule has 6 heteroatoms. The molecule has 1 aromatic rings. The van der Waals surface area contributed by atoms with Gasteiger partial charge in [0.1, 0.15) is 6.04 Å². The summed E-state index contributed by atoms with van der Waals surface area (Å²) in [7, 11) is 0. The van der Waals surface area contributed by atoms with Gasteiger partial charge in [-0.05, 0) is 17.0 Å². The lowest BCUT2D eigenvalue weighted by Gasteiger charge is -2.27. The number of nitrogens with one attached hydrogen (secondary N) is 2. The number of carboxylic acids is 1. The lowest BCUT2D eigenvalue weighted by atomic mass is 9.87. The Labute approximate surface area is 112 Å². The van der Waals surface area contributed by atoms with E-state index in [1.165, 1.54) is 0 Å². The maximum Gasteiger partial charge on any atom is 0.326 e. The second kappa shape index (κ2) is 6.17. The van der Waals surface area contributed by atoms with Crippen molar-refractivity contribution >= 4 is 12.0 Å². The highest BCUT2D eigenvalue weighted by molar-refractivity contribution is 5.83. The molecule has 19 heavy (non-hydrogen) atoms. The highest BCUT2D eigenvalue weighted by Crippen LogP contribution is 2.19. The van der Waals surface area contributed by atoms with Crippen molar-refractivity contribution in [2.45, 2.75) is 33.4 Å². The van der Waals surface area contributed by atoms with Crippen LogP contribution in [0.3, 0.4) is 0 Å². The molecule has 0 fully saturated rings. The van der Waals surface area contributed by atoms with Crippen molar-refractivity contribution in [2.24, 2.45) is 5.41 Å². The highest BCUT2D eigenvalue weighted by atomic mass is 16.4. The number of carbonyl (C=O) groups excluding carboxylic acids is 1. The molecular formula is C13H19N3O3. The minimum absolute atomic E-state index is 0.302. The van der Waals surface area contributed by atoms with Gasteiger partial charge in [0.05, 0.1) is 0 Å². The predicted octanol–water partition coefficient (Wildman–Crippen LogP) is 1.38. The van der Waals surface area contributed by atoms with E-state index in [9.17, 15) is 9.59 Å². The van der Waals surface area contributed by atoms with E-state index in [-0.39, 0.29) is 0 Å². The molecule has 0 aliphatic carbocycles. The zero-order valence-corrected chi connectivity index (χ0v) is 11.3. The van der Waals surface area contributed by atoms with Crippen molar-refractivity contribution in [1.29, 1.82) is 0 Å². The molecule has 104 valence electrons. The van der Waals surface area contributed by atoms with Crippen LogP contribution in [-0.2, 0) is 11.3 Å². The number of aliphatic carboxylic acids is 1. The van der Waals surface area contributed by atoms with Crippen molar-refractivity contribution in [3.63, 3.8) is 0 Å². The van der Waals surface area contributed by atoms with Gasteiger partial charge in [0.15, 0.2) is 0 Å². The standard InChI is InChI=1S/C13H19N3O3/c1-13(2,3)10(11(17)18)16-12(19)15-8-9-5-4-6-14-7-9/h4-7,10H,8H2,1-3H3,(H,17,18)(H2,15,16,19). The second-order valence-electron chi connectivity index (χ2n) is 5.33. The van der Waals surface area contributed by atoms with E-state index in [2.05, 4.69) is 15.6 Å². The first-order valence-electron chi connectivity index (χ1n) is 5.97. The lowest BCUT2D eigenvalue weighted by Crippen LogP contribution is -2.52. The molecule has 1 aromatic heterocycles. The molecular weight excluding hydrogens is 246 g/mol. The Morgan fingerprint density at radius 1 is 1.42 bits per heavy atom. The quantitative estimate of drug-likeness (QED) is 0.767. The van der Waals surface area contributed by atoms with Gasteiger partial charge in [0.2, 0.25) is 0 Å². The monoisotopic (exact) mass is 265 g/mol. The van der Waals surface area contributed by atoms with Crippen molar-refractivity contribution in [3.8, 4) is 0 Å². The fraction of sp³-hybridized carbons (Fsp3) is 0.462. The average molecular weight is 265 g/mol. The number of carbonyl (C=O) groups is 2. The van der Waals surface area contributed by atoms with E-state index < -0.39 is 23.5 Å². The topological polar surface area (TPSA) is 91.3 Å². The van der Waals surface area contributed by atoms with Crippen LogP contribution in [-0.4, -0.2) is 28.1 Å². The SMILES string of the molecule is CC(C)(C)C(NC(=O)NCc1cccnc1)C(=O)O. The Bertz CT molecular complexity index is 440. The van der Waals surface area contributed by atoms with Gasteiger partial charge in [-0.2, -0.15) is 0 Å². The van der Waals surface area contributed by atoms with Gasteiger partial charge in [0, 0.05) is 18.9 Å². The Morgan fingerprint density at radius 2 is 2.11 bits per heavy atom. The Kier molecular flexibility index (Phi) is 4.86. The molecule has 1 atom stereocenters. The van der Waals surface area contributed by atoms with Crippen LogP contribution < -0.4 is 10.6 Å². The lowest BCUT2D eigenvalue weighted by molar-refractivity contribution is -0.141. The summed E-state index contributed by atoms with van der Waals surface area (Å²) in [6, 6.07) is 2.14. The zero-order valence-electron chi connectivity index (χ0n) is 11.3. The third-order valence-electron chi connectivity index (χ3n) is 2.56. The average Bonchev–Trinajstić information content (AvgIpc) is 2.33. The van der Waals surface area contributed by atoms with Gasteiger partial charge < -0.3 is 15.7 Å². The summed E-state index contributed by atoms with van der Waals surface area (Å²) in [6.07, 6.45) is 3.28. The summed E-state index contributed by atoms with van der Waals surface area (Å²) >= 11 is 0. The van der Waals surface area contributed by atoms with E-state index in [1.807, 2.05) is 6.07 Å². The van der Waals surface area contributed by atoms with Gasteiger partial charge in [-0.25, -0.2) is 9.59 Å². The van der Waals surface area contributed by atoms with Crippen LogP contribution in [0.15, 0.2) is 24.5 Å². The zero-order chi connectivity index (χ0) is 14.5. The molecule has 0 aliphatic heterocycles. The van der Waals surface area contributed by atoms with Crippen LogP contribution in [0.5, 0.6) is 0 Å². The van der Waals surface area contributed by atoms with Crippen LogP contribution in [0.25, 0.3) is 0 Å². The van der Waals surface area contributed by atoms with Crippen molar-refractivity contribution in [2.75, 3.05) is 0 Å². The van der Waals surface area contributed by atoms with Gasteiger partial charge in [0.25, 0.3) is 0 Å². The molecule has 1 unspecified atom stereocenters. The van der Waals surface area contributed by atoms with Crippen molar-refractivity contribution in [3.05, 3.63) is 30.1 Å². The number of hydrogen-bond acceptors (Lipinski definition) is 3. The summed E-state index contributed by atoms with van der Waals surface area (Å²) in [5, 5.41) is 14.2. The summed E-state index contributed by atoms with van der Waals surface area (Å²) < 4.78 is 0.